The number of rotatable bonds is 3. The molecule has 98 valence electrons. The van der Waals surface area contributed by atoms with Crippen molar-refractivity contribution in [3.05, 3.63) is 33.8 Å². The largest absolute Gasteiger partial charge is 0.396 e. The fourth-order valence-corrected chi connectivity index (χ4v) is 3.90. The highest BCUT2D eigenvalue weighted by atomic mass is 79.9. The van der Waals surface area contributed by atoms with Crippen molar-refractivity contribution in [1.82, 2.24) is 5.32 Å². The summed E-state index contributed by atoms with van der Waals surface area (Å²) in [4.78, 5) is 0. The Morgan fingerprint density at radius 3 is 3.00 bits per heavy atom. The minimum absolute atomic E-state index is 0.331. The summed E-state index contributed by atoms with van der Waals surface area (Å²) < 4.78 is 1.18. The average Bonchev–Trinajstić information content (AvgIpc) is 2.96. The molecule has 2 N–H and O–H groups in total. The van der Waals surface area contributed by atoms with Crippen LogP contribution in [0.4, 0.5) is 0 Å². The van der Waals surface area contributed by atoms with Crippen molar-refractivity contribution in [2.75, 3.05) is 6.61 Å². The van der Waals surface area contributed by atoms with Crippen molar-refractivity contribution >= 4 is 15.9 Å². The van der Waals surface area contributed by atoms with Gasteiger partial charge in [-0.15, -0.1) is 0 Å². The monoisotopic (exact) mass is 309 g/mol. The van der Waals surface area contributed by atoms with Crippen LogP contribution in [0.15, 0.2) is 22.7 Å². The van der Waals surface area contributed by atoms with Crippen molar-refractivity contribution < 1.29 is 5.11 Å². The number of hydrogen-bond acceptors (Lipinski definition) is 2. The molecule has 3 heteroatoms. The lowest BCUT2D eigenvalue weighted by molar-refractivity contribution is 0.199. The third-order valence-corrected chi connectivity index (χ3v) is 4.98. The first-order valence-electron chi connectivity index (χ1n) is 6.93. The summed E-state index contributed by atoms with van der Waals surface area (Å²) in [5, 5.41) is 13.2. The van der Waals surface area contributed by atoms with Gasteiger partial charge in [-0.3, -0.25) is 0 Å². The third-order valence-electron chi connectivity index (χ3n) is 4.49. The zero-order chi connectivity index (χ0) is 12.5. The van der Waals surface area contributed by atoms with Gasteiger partial charge in [-0.1, -0.05) is 28.4 Å². The van der Waals surface area contributed by atoms with Gasteiger partial charge in [-0.25, -0.2) is 0 Å². The molecule has 18 heavy (non-hydrogen) atoms. The second kappa shape index (κ2) is 5.32. The zero-order valence-corrected chi connectivity index (χ0v) is 12.1. The van der Waals surface area contributed by atoms with Gasteiger partial charge in [-0.2, -0.15) is 0 Å². The molecule has 2 aliphatic carbocycles. The molecule has 0 heterocycles. The highest BCUT2D eigenvalue weighted by Crippen LogP contribution is 2.35. The maximum atomic E-state index is 9.40. The molecule has 0 spiro atoms. The van der Waals surface area contributed by atoms with Crippen molar-refractivity contribution in [2.45, 2.75) is 44.2 Å². The molecule has 0 aliphatic heterocycles. The van der Waals surface area contributed by atoms with Crippen molar-refractivity contribution in [3.63, 3.8) is 0 Å². The van der Waals surface area contributed by atoms with E-state index < -0.39 is 0 Å². The van der Waals surface area contributed by atoms with Crippen LogP contribution in [-0.4, -0.2) is 17.8 Å². The molecule has 0 bridgehead atoms. The number of fused-ring (bicyclic) bond motifs is 1. The van der Waals surface area contributed by atoms with Gasteiger partial charge in [0.15, 0.2) is 0 Å². The smallest absolute Gasteiger partial charge is 0.0474 e. The van der Waals surface area contributed by atoms with E-state index in [1.54, 1.807) is 0 Å². The van der Waals surface area contributed by atoms with Crippen LogP contribution in [0.1, 0.15) is 42.9 Å². The first-order chi connectivity index (χ1) is 8.78. The number of aliphatic hydroxyl groups is 1. The minimum Gasteiger partial charge on any atom is -0.396 e. The summed E-state index contributed by atoms with van der Waals surface area (Å²) in [6.45, 7) is 0.331. The molecule has 3 atom stereocenters. The summed E-state index contributed by atoms with van der Waals surface area (Å²) in [6.07, 6.45) is 6.01. The van der Waals surface area contributed by atoms with Gasteiger partial charge in [0.25, 0.3) is 0 Å². The van der Waals surface area contributed by atoms with Crippen molar-refractivity contribution in [2.24, 2.45) is 5.92 Å². The summed E-state index contributed by atoms with van der Waals surface area (Å²) in [5.74, 6) is 0.462. The Bertz CT molecular complexity index is 435. The van der Waals surface area contributed by atoms with E-state index in [4.69, 9.17) is 0 Å². The van der Waals surface area contributed by atoms with Gasteiger partial charge in [0.2, 0.25) is 0 Å². The lowest BCUT2D eigenvalue weighted by Gasteiger charge is -2.24. The fraction of sp³-hybridized carbons (Fsp3) is 0.600. The third kappa shape index (κ3) is 2.36. The lowest BCUT2D eigenvalue weighted by atomic mass is 10.0. The molecule has 3 unspecified atom stereocenters. The van der Waals surface area contributed by atoms with E-state index in [9.17, 15) is 5.11 Å². The molecule has 0 saturated heterocycles. The molecule has 0 amide bonds. The lowest BCUT2D eigenvalue weighted by Crippen LogP contribution is -2.36. The Kier molecular flexibility index (Phi) is 3.73. The summed E-state index contributed by atoms with van der Waals surface area (Å²) in [5.41, 5.74) is 2.93. The fourth-order valence-electron chi connectivity index (χ4n) is 3.49. The Labute approximate surface area is 117 Å². The predicted octanol–water partition coefficient (Wildman–Crippen LogP) is 3.19. The highest BCUT2D eigenvalue weighted by molar-refractivity contribution is 9.10. The van der Waals surface area contributed by atoms with Crippen molar-refractivity contribution in [1.29, 1.82) is 0 Å². The second-order valence-electron chi connectivity index (χ2n) is 5.58. The Morgan fingerprint density at radius 1 is 1.28 bits per heavy atom. The van der Waals surface area contributed by atoms with Crippen LogP contribution >= 0.6 is 15.9 Å². The molecule has 1 fully saturated rings. The summed E-state index contributed by atoms with van der Waals surface area (Å²) in [6, 6.07) is 7.62. The van der Waals surface area contributed by atoms with Crippen LogP contribution in [0.2, 0.25) is 0 Å². The molecule has 0 radical (unpaired) electrons. The van der Waals surface area contributed by atoms with E-state index in [-0.39, 0.29) is 0 Å². The molecular formula is C15H20BrNO. The second-order valence-corrected chi connectivity index (χ2v) is 6.50. The molecular weight excluding hydrogens is 290 g/mol. The SMILES string of the molecule is OCC1CCCC1NC1CCc2cc(Br)ccc21. The Morgan fingerprint density at radius 2 is 2.17 bits per heavy atom. The Hall–Kier alpha value is -0.380. The first-order valence-corrected chi connectivity index (χ1v) is 7.72. The molecule has 0 aromatic heterocycles. The molecule has 1 saturated carbocycles. The number of nitrogens with one attached hydrogen (secondary N) is 1. The summed E-state index contributed by atoms with van der Waals surface area (Å²) in [7, 11) is 0. The summed E-state index contributed by atoms with van der Waals surface area (Å²) >= 11 is 3.54. The highest BCUT2D eigenvalue weighted by Gasteiger charge is 2.31. The van der Waals surface area contributed by atoms with Gasteiger partial charge >= 0.3 is 0 Å². The van der Waals surface area contributed by atoms with E-state index in [2.05, 4.69) is 39.4 Å². The Balaban J connectivity index is 1.73. The number of benzene rings is 1. The maximum absolute atomic E-state index is 9.40. The first kappa shape index (κ1) is 12.6. The maximum Gasteiger partial charge on any atom is 0.0474 e. The zero-order valence-electron chi connectivity index (χ0n) is 10.5. The average molecular weight is 310 g/mol. The van der Waals surface area contributed by atoms with Crippen LogP contribution in [0.25, 0.3) is 0 Å². The predicted molar refractivity (Wildman–Crippen MR) is 76.6 cm³/mol. The normalized spacial score (nSPS) is 30.7. The van der Waals surface area contributed by atoms with E-state index in [0.717, 1.165) is 0 Å². The van der Waals surface area contributed by atoms with Crippen LogP contribution in [-0.2, 0) is 6.42 Å². The van der Waals surface area contributed by atoms with Crippen LogP contribution in [0.3, 0.4) is 0 Å². The van der Waals surface area contributed by atoms with Crippen molar-refractivity contribution in [3.8, 4) is 0 Å². The van der Waals surface area contributed by atoms with E-state index in [0.29, 0.717) is 24.6 Å². The van der Waals surface area contributed by atoms with Gasteiger partial charge in [-0.05, 0) is 54.9 Å². The minimum atomic E-state index is 0.331. The van der Waals surface area contributed by atoms with Crippen LogP contribution < -0.4 is 5.32 Å². The van der Waals surface area contributed by atoms with E-state index in [1.807, 2.05) is 0 Å². The van der Waals surface area contributed by atoms with E-state index in [1.165, 1.54) is 47.7 Å². The number of aliphatic hydroxyl groups excluding tert-OH is 1. The molecule has 2 aliphatic rings. The van der Waals surface area contributed by atoms with Gasteiger partial charge in [0.05, 0.1) is 0 Å². The topological polar surface area (TPSA) is 32.3 Å². The van der Waals surface area contributed by atoms with Crippen LogP contribution in [0.5, 0.6) is 0 Å². The molecule has 1 aromatic rings. The van der Waals surface area contributed by atoms with Gasteiger partial charge in [0.1, 0.15) is 0 Å². The van der Waals surface area contributed by atoms with Gasteiger partial charge < -0.3 is 10.4 Å². The number of aryl methyl sites for hydroxylation is 1. The quantitative estimate of drug-likeness (QED) is 0.899. The molecule has 2 nitrogen and oxygen atoms in total. The molecule has 3 rings (SSSR count). The number of halogens is 1. The van der Waals surface area contributed by atoms with Crippen LogP contribution in [0, 0.1) is 5.92 Å². The standard InChI is InChI=1S/C15H20BrNO/c16-12-5-6-13-10(8-12)4-7-15(13)17-14-3-1-2-11(14)9-18/h5-6,8,11,14-15,17-18H,1-4,7,9H2. The van der Waals surface area contributed by atoms with E-state index >= 15 is 0 Å². The number of hydrogen-bond donors (Lipinski definition) is 2. The molecule has 1 aromatic carbocycles. The van der Waals surface area contributed by atoms with Gasteiger partial charge in [0, 0.05) is 23.2 Å².